The van der Waals surface area contributed by atoms with Crippen molar-refractivity contribution in [3.8, 4) is 0 Å². The lowest BCUT2D eigenvalue weighted by Gasteiger charge is -2.42. The van der Waals surface area contributed by atoms with Gasteiger partial charge in [0, 0.05) is 44.6 Å². The summed E-state index contributed by atoms with van der Waals surface area (Å²) in [6.45, 7) is 18.4. The molecule has 3 unspecified atom stereocenters. The zero-order chi connectivity index (χ0) is 28.8. The summed E-state index contributed by atoms with van der Waals surface area (Å²) in [6, 6.07) is 0.195. The van der Waals surface area contributed by atoms with Crippen molar-refractivity contribution < 1.29 is 33.4 Å². The number of rotatable bonds is 2. The largest absolute Gasteiger partial charge is 0.468 e. The number of ether oxygens (including phenoxy) is 3. The minimum absolute atomic E-state index is 0.0636. The van der Waals surface area contributed by atoms with Crippen molar-refractivity contribution in [2.75, 3.05) is 39.8 Å². The Morgan fingerprint density at radius 1 is 0.816 bits per heavy atom. The smallest absolute Gasteiger partial charge is 0.410 e. The standard InChI is InChI=1S/C17H30N2O4.C11H19NO3/c1-12-11-18(16(21)23-17(2,3)4)10-8-13(12)19-9-6-7-14(19)15(20)22-5;1-8-7-12(6-5-9(8)13)10(14)15-11(2,3)4/h12-14H,6-11H2,1-5H3;8H,5-7H2,1-4H3/t12?,13?,14-;/m0./s1. The summed E-state index contributed by atoms with van der Waals surface area (Å²) in [7, 11) is 1.45. The fourth-order valence-electron chi connectivity index (χ4n) is 5.20. The first-order valence-corrected chi connectivity index (χ1v) is 13.8. The van der Waals surface area contributed by atoms with Crippen LogP contribution >= 0.6 is 0 Å². The molecule has 2 amide bonds. The Labute approximate surface area is 228 Å². The summed E-state index contributed by atoms with van der Waals surface area (Å²) in [4.78, 5) is 52.8. The van der Waals surface area contributed by atoms with Gasteiger partial charge in [-0.1, -0.05) is 13.8 Å². The van der Waals surface area contributed by atoms with E-state index in [1.54, 1.807) is 9.80 Å². The van der Waals surface area contributed by atoms with Gasteiger partial charge in [-0.25, -0.2) is 9.59 Å². The van der Waals surface area contributed by atoms with Crippen molar-refractivity contribution in [3.63, 3.8) is 0 Å². The zero-order valence-electron chi connectivity index (χ0n) is 24.9. The molecule has 0 N–H and O–H groups in total. The first kappa shape index (κ1) is 31.9. The number of nitrogens with zero attached hydrogens (tertiary/aromatic N) is 3. The number of likely N-dealkylation sites (tertiary alicyclic amines) is 3. The van der Waals surface area contributed by atoms with Gasteiger partial charge >= 0.3 is 18.2 Å². The molecule has 218 valence electrons. The molecule has 3 fully saturated rings. The molecular formula is C28H49N3O7. The third-order valence-electron chi connectivity index (χ3n) is 7.03. The monoisotopic (exact) mass is 539 g/mol. The number of piperidine rings is 2. The lowest BCUT2D eigenvalue weighted by molar-refractivity contribution is -0.147. The van der Waals surface area contributed by atoms with Gasteiger partial charge in [0.05, 0.1) is 7.11 Å². The summed E-state index contributed by atoms with van der Waals surface area (Å²) < 4.78 is 15.6. The number of carbonyl (C=O) groups excluding carboxylic acids is 4. The van der Waals surface area contributed by atoms with E-state index in [0.29, 0.717) is 44.6 Å². The number of amides is 2. The first-order chi connectivity index (χ1) is 17.5. The second kappa shape index (κ2) is 13.1. The van der Waals surface area contributed by atoms with Crippen LogP contribution in [0.5, 0.6) is 0 Å². The van der Waals surface area contributed by atoms with Gasteiger partial charge in [0.1, 0.15) is 23.0 Å². The Morgan fingerprint density at radius 2 is 1.37 bits per heavy atom. The molecule has 10 heteroatoms. The van der Waals surface area contributed by atoms with Gasteiger partial charge < -0.3 is 24.0 Å². The SMILES string of the molecule is CC1CN(C(=O)OC(C)(C)C)CCC1=O.COC(=O)[C@@H]1CCCN1C1CCN(C(=O)OC(C)(C)C)CC1C. The van der Waals surface area contributed by atoms with Gasteiger partial charge in [-0.2, -0.15) is 0 Å². The highest BCUT2D eigenvalue weighted by Crippen LogP contribution is 2.30. The second-order valence-corrected chi connectivity index (χ2v) is 12.7. The molecule has 4 atom stereocenters. The summed E-state index contributed by atoms with van der Waals surface area (Å²) in [5.74, 6) is 0.340. The van der Waals surface area contributed by atoms with Crippen molar-refractivity contribution >= 4 is 23.9 Å². The maximum absolute atomic E-state index is 12.2. The van der Waals surface area contributed by atoms with Gasteiger partial charge in [-0.15, -0.1) is 0 Å². The van der Waals surface area contributed by atoms with Crippen LogP contribution in [0.3, 0.4) is 0 Å². The predicted molar refractivity (Wildman–Crippen MR) is 144 cm³/mol. The van der Waals surface area contributed by atoms with E-state index in [-0.39, 0.29) is 35.9 Å². The number of carbonyl (C=O) groups is 4. The van der Waals surface area contributed by atoms with Crippen LogP contribution in [-0.2, 0) is 23.8 Å². The normalized spacial score (nSPS) is 26.8. The molecular weight excluding hydrogens is 490 g/mol. The van der Waals surface area contributed by atoms with E-state index in [4.69, 9.17) is 14.2 Å². The van der Waals surface area contributed by atoms with Crippen molar-refractivity contribution in [2.45, 2.75) is 104 Å². The topological polar surface area (TPSA) is 106 Å². The van der Waals surface area contributed by atoms with Crippen LogP contribution in [0.4, 0.5) is 9.59 Å². The van der Waals surface area contributed by atoms with Crippen molar-refractivity contribution in [3.05, 3.63) is 0 Å². The number of esters is 1. The molecule has 38 heavy (non-hydrogen) atoms. The van der Waals surface area contributed by atoms with Crippen LogP contribution in [0.2, 0.25) is 0 Å². The van der Waals surface area contributed by atoms with E-state index in [0.717, 1.165) is 25.8 Å². The molecule has 0 aromatic heterocycles. The highest BCUT2D eigenvalue weighted by molar-refractivity contribution is 5.83. The molecule has 0 aromatic carbocycles. The third-order valence-corrected chi connectivity index (χ3v) is 7.03. The van der Waals surface area contributed by atoms with Gasteiger partial charge in [0.2, 0.25) is 0 Å². The Kier molecular flexibility index (Phi) is 11.0. The Bertz CT molecular complexity index is 848. The van der Waals surface area contributed by atoms with Crippen LogP contribution in [0.15, 0.2) is 0 Å². The Hall–Kier alpha value is -2.36. The second-order valence-electron chi connectivity index (χ2n) is 12.7. The van der Waals surface area contributed by atoms with E-state index in [1.807, 2.05) is 48.5 Å². The fourth-order valence-corrected chi connectivity index (χ4v) is 5.20. The lowest BCUT2D eigenvalue weighted by atomic mass is 9.92. The average Bonchev–Trinajstić information content (AvgIpc) is 3.28. The van der Waals surface area contributed by atoms with Gasteiger partial charge in [-0.3, -0.25) is 14.5 Å². The molecule has 3 saturated heterocycles. The molecule has 0 bridgehead atoms. The fraction of sp³-hybridized carbons (Fsp3) is 0.857. The van der Waals surface area contributed by atoms with Crippen LogP contribution in [0, 0.1) is 11.8 Å². The molecule has 3 aliphatic heterocycles. The number of ketones is 1. The van der Waals surface area contributed by atoms with Crippen LogP contribution in [-0.4, -0.2) is 102 Å². The summed E-state index contributed by atoms with van der Waals surface area (Å²) in [5.41, 5.74) is -0.941. The molecule has 10 nitrogen and oxygen atoms in total. The minimum Gasteiger partial charge on any atom is -0.468 e. The molecule has 0 aromatic rings. The van der Waals surface area contributed by atoms with E-state index in [2.05, 4.69) is 11.8 Å². The van der Waals surface area contributed by atoms with Crippen molar-refractivity contribution in [1.82, 2.24) is 14.7 Å². The average molecular weight is 540 g/mol. The van der Waals surface area contributed by atoms with Gasteiger partial charge in [0.25, 0.3) is 0 Å². The van der Waals surface area contributed by atoms with Crippen molar-refractivity contribution in [2.24, 2.45) is 11.8 Å². The molecule has 3 heterocycles. The molecule has 0 spiro atoms. The summed E-state index contributed by atoms with van der Waals surface area (Å²) in [6.07, 6.45) is 2.65. The maximum atomic E-state index is 12.2. The maximum Gasteiger partial charge on any atom is 0.410 e. The highest BCUT2D eigenvalue weighted by atomic mass is 16.6. The molecule has 3 aliphatic rings. The quantitative estimate of drug-likeness (QED) is 0.381. The number of hydrogen-bond acceptors (Lipinski definition) is 8. The summed E-state index contributed by atoms with van der Waals surface area (Å²) in [5, 5.41) is 0. The van der Waals surface area contributed by atoms with Crippen molar-refractivity contribution in [1.29, 1.82) is 0 Å². The van der Waals surface area contributed by atoms with Crippen LogP contribution < -0.4 is 0 Å². The molecule has 3 rings (SSSR count). The first-order valence-electron chi connectivity index (χ1n) is 13.8. The molecule has 0 radical (unpaired) electrons. The summed E-state index contributed by atoms with van der Waals surface area (Å²) >= 11 is 0. The van der Waals surface area contributed by atoms with Crippen LogP contribution in [0.1, 0.15) is 81.1 Å². The number of hydrogen-bond donors (Lipinski definition) is 0. The highest BCUT2D eigenvalue weighted by Gasteiger charge is 2.41. The molecule has 0 saturated carbocycles. The molecule has 0 aliphatic carbocycles. The van der Waals surface area contributed by atoms with E-state index < -0.39 is 11.2 Å². The van der Waals surface area contributed by atoms with E-state index >= 15 is 0 Å². The minimum atomic E-state index is -0.470. The third kappa shape index (κ3) is 9.43. The van der Waals surface area contributed by atoms with Crippen LogP contribution in [0.25, 0.3) is 0 Å². The van der Waals surface area contributed by atoms with E-state index in [1.165, 1.54) is 7.11 Å². The van der Waals surface area contributed by atoms with E-state index in [9.17, 15) is 19.2 Å². The Morgan fingerprint density at radius 3 is 1.84 bits per heavy atom. The number of Topliss-reactive ketones (excluding diaryl/α,β-unsaturated/α-hetero) is 1. The lowest BCUT2D eigenvalue weighted by Crippen LogP contribution is -2.54. The Balaban J connectivity index is 0.000000293. The predicted octanol–water partition coefficient (Wildman–Crippen LogP) is 4.10. The van der Waals surface area contributed by atoms with Gasteiger partial charge in [-0.05, 0) is 73.3 Å². The number of methoxy groups -OCH3 is 1. The van der Waals surface area contributed by atoms with Gasteiger partial charge in [0.15, 0.2) is 0 Å². The zero-order valence-corrected chi connectivity index (χ0v) is 24.9.